The van der Waals surface area contributed by atoms with Crippen LogP contribution in [-0.4, -0.2) is 15.1 Å². The molecule has 2 heterocycles. The molecule has 5 nitrogen and oxygen atoms in total. The molecule has 100 valence electrons. The summed E-state index contributed by atoms with van der Waals surface area (Å²) in [6.07, 6.45) is 4.08. The minimum absolute atomic E-state index is 0.111. The highest BCUT2D eigenvalue weighted by molar-refractivity contribution is 5.92. The van der Waals surface area contributed by atoms with Crippen LogP contribution in [0.5, 0.6) is 0 Å². The Balaban J connectivity index is 1.79. The fourth-order valence-electron chi connectivity index (χ4n) is 2.44. The van der Waals surface area contributed by atoms with Crippen LogP contribution < -0.4 is 5.73 Å². The topological polar surface area (TPSA) is 77.8 Å². The highest BCUT2D eigenvalue weighted by atomic mass is 16.5. The maximum absolute atomic E-state index is 6.11. The number of benzene rings is 1. The maximum atomic E-state index is 6.11. The van der Waals surface area contributed by atoms with E-state index in [9.17, 15) is 0 Å². The van der Waals surface area contributed by atoms with Gasteiger partial charge < -0.3 is 10.3 Å². The lowest BCUT2D eigenvalue weighted by Gasteiger charge is -2.02. The second-order valence-electron chi connectivity index (χ2n) is 5.20. The average Bonchev–Trinajstić information content (AvgIpc) is 3.23. The quantitative estimate of drug-likeness (QED) is 0.788. The van der Waals surface area contributed by atoms with Crippen LogP contribution in [0.3, 0.4) is 0 Å². The van der Waals surface area contributed by atoms with Gasteiger partial charge in [0.15, 0.2) is 5.82 Å². The Hall–Kier alpha value is -2.27. The van der Waals surface area contributed by atoms with Crippen molar-refractivity contribution in [1.29, 1.82) is 0 Å². The monoisotopic (exact) mass is 266 g/mol. The van der Waals surface area contributed by atoms with Gasteiger partial charge in [-0.15, -0.1) is 0 Å². The highest BCUT2D eigenvalue weighted by Crippen LogP contribution is 2.39. The van der Waals surface area contributed by atoms with Crippen molar-refractivity contribution in [2.75, 3.05) is 0 Å². The van der Waals surface area contributed by atoms with Crippen LogP contribution in [0.15, 0.2) is 41.1 Å². The molecule has 1 aliphatic rings. The van der Waals surface area contributed by atoms with Crippen LogP contribution in [-0.2, 0) is 0 Å². The van der Waals surface area contributed by atoms with Gasteiger partial charge in [0.25, 0.3) is 5.89 Å². The molecule has 3 aromatic rings. The van der Waals surface area contributed by atoms with E-state index in [1.165, 1.54) is 0 Å². The predicted octanol–water partition coefficient (Wildman–Crippen LogP) is 2.69. The lowest BCUT2D eigenvalue weighted by atomic mass is 10.1. The zero-order chi connectivity index (χ0) is 13.5. The van der Waals surface area contributed by atoms with E-state index in [4.69, 9.17) is 10.3 Å². The van der Waals surface area contributed by atoms with Crippen molar-refractivity contribution in [2.24, 2.45) is 11.7 Å². The molecule has 2 aromatic heterocycles. The van der Waals surface area contributed by atoms with Gasteiger partial charge in [0.2, 0.25) is 0 Å². The van der Waals surface area contributed by atoms with E-state index in [-0.39, 0.29) is 6.04 Å². The second kappa shape index (κ2) is 4.38. The third-order valence-electron chi connectivity index (χ3n) is 3.75. The summed E-state index contributed by atoms with van der Waals surface area (Å²) in [6.45, 7) is 0. The molecule has 0 bridgehead atoms. The summed E-state index contributed by atoms with van der Waals surface area (Å²) >= 11 is 0. The molecule has 0 amide bonds. The van der Waals surface area contributed by atoms with Gasteiger partial charge in [-0.05, 0) is 37.0 Å². The lowest BCUT2D eigenvalue weighted by molar-refractivity contribution is 0.412. The number of rotatable bonds is 3. The van der Waals surface area contributed by atoms with Crippen molar-refractivity contribution < 1.29 is 4.52 Å². The van der Waals surface area contributed by atoms with E-state index in [0.29, 0.717) is 17.6 Å². The first-order valence-electron chi connectivity index (χ1n) is 6.76. The van der Waals surface area contributed by atoms with Crippen LogP contribution in [0.1, 0.15) is 24.7 Å². The Morgan fingerprint density at radius 3 is 2.95 bits per heavy atom. The Morgan fingerprint density at radius 1 is 1.20 bits per heavy atom. The molecule has 4 rings (SSSR count). The second-order valence-corrected chi connectivity index (χ2v) is 5.20. The lowest BCUT2D eigenvalue weighted by Crippen LogP contribution is -2.13. The summed E-state index contributed by atoms with van der Waals surface area (Å²) in [4.78, 5) is 8.79. The van der Waals surface area contributed by atoms with Gasteiger partial charge in [-0.1, -0.05) is 17.3 Å². The van der Waals surface area contributed by atoms with Gasteiger partial charge in [0, 0.05) is 17.1 Å². The smallest absolute Gasteiger partial charge is 0.258 e. The summed E-state index contributed by atoms with van der Waals surface area (Å²) < 4.78 is 5.39. The van der Waals surface area contributed by atoms with Crippen LogP contribution in [0.2, 0.25) is 0 Å². The fourth-order valence-corrected chi connectivity index (χ4v) is 2.44. The van der Waals surface area contributed by atoms with E-state index in [2.05, 4.69) is 15.1 Å². The summed E-state index contributed by atoms with van der Waals surface area (Å²) in [5.74, 6) is 1.62. The Labute approximate surface area is 115 Å². The molecule has 2 N–H and O–H groups in total. The molecule has 0 aliphatic heterocycles. The number of pyridine rings is 1. The largest absolute Gasteiger partial charge is 0.334 e. The Morgan fingerprint density at radius 2 is 2.10 bits per heavy atom. The third-order valence-corrected chi connectivity index (χ3v) is 3.75. The van der Waals surface area contributed by atoms with Gasteiger partial charge in [0.1, 0.15) is 0 Å². The number of fused-ring (bicyclic) bond motifs is 1. The van der Waals surface area contributed by atoms with Gasteiger partial charge in [-0.25, -0.2) is 0 Å². The molecule has 20 heavy (non-hydrogen) atoms. The molecule has 1 fully saturated rings. The van der Waals surface area contributed by atoms with Crippen molar-refractivity contribution in [3.8, 4) is 11.5 Å². The molecule has 1 aromatic carbocycles. The van der Waals surface area contributed by atoms with Crippen LogP contribution in [0.4, 0.5) is 0 Å². The fraction of sp³-hybridized carbons (Fsp3) is 0.267. The van der Waals surface area contributed by atoms with E-state index in [1.807, 2.05) is 30.3 Å². The van der Waals surface area contributed by atoms with Crippen molar-refractivity contribution in [1.82, 2.24) is 15.1 Å². The van der Waals surface area contributed by atoms with E-state index in [1.54, 1.807) is 6.20 Å². The molecule has 0 radical (unpaired) electrons. The average molecular weight is 266 g/mol. The van der Waals surface area contributed by atoms with Gasteiger partial charge in [0.05, 0.1) is 11.6 Å². The molecule has 1 unspecified atom stereocenters. The third kappa shape index (κ3) is 1.87. The molecular formula is C15H14N4O. The van der Waals surface area contributed by atoms with E-state index in [0.717, 1.165) is 29.3 Å². The SMILES string of the molecule is NC(c1noc(-c2cccc3ncccc23)n1)C1CC1. The highest BCUT2D eigenvalue weighted by Gasteiger charge is 2.32. The number of nitrogens with two attached hydrogens (primary N) is 1. The molecular weight excluding hydrogens is 252 g/mol. The van der Waals surface area contributed by atoms with Crippen molar-refractivity contribution in [3.05, 3.63) is 42.4 Å². The predicted molar refractivity (Wildman–Crippen MR) is 74.7 cm³/mol. The standard InChI is InChI=1S/C15H14N4O/c16-13(9-6-7-9)14-18-15(20-19-14)11-3-1-5-12-10(11)4-2-8-17-12/h1-5,8-9,13H,6-7,16H2. The maximum Gasteiger partial charge on any atom is 0.258 e. The first-order chi connectivity index (χ1) is 9.83. The summed E-state index contributed by atoms with van der Waals surface area (Å²) in [7, 11) is 0. The molecule has 0 spiro atoms. The van der Waals surface area contributed by atoms with Gasteiger partial charge in [-0.2, -0.15) is 4.98 Å². The molecule has 1 aliphatic carbocycles. The normalized spacial score (nSPS) is 16.4. The summed E-state index contributed by atoms with van der Waals surface area (Å²) in [5.41, 5.74) is 7.92. The van der Waals surface area contributed by atoms with Crippen molar-refractivity contribution in [3.63, 3.8) is 0 Å². The molecule has 5 heteroatoms. The summed E-state index contributed by atoms with van der Waals surface area (Å²) in [6, 6.07) is 9.66. The molecule has 1 saturated carbocycles. The Bertz CT molecular complexity index is 758. The number of nitrogens with zero attached hydrogens (tertiary/aromatic N) is 3. The van der Waals surface area contributed by atoms with Crippen LogP contribution in [0, 0.1) is 5.92 Å². The van der Waals surface area contributed by atoms with Crippen LogP contribution >= 0.6 is 0 Å². The minimum Gasteiger partial charge on any atom is -0.334 e. The zero-order valence-corrected chi connectivity index (χ0v) is 10.9. The number of hydrogen-bond donors (Lipinski definition) is 1. The van der Waals surface area contributed by atoms with Crippen LogP contribution in [0.25, 0.3) is 22.4 Å². The Kier molecular flexibility index (Phi) is 2.53. The minimum atomic E-state index is -0.111. The van der Waals surface area contributed by atoms with E-state index < -0.39 is 0 Å². The molecule has 0 saturated heterocycles. The number of hydrogen-bond acceptors (Lipinski definition) is 5. The van der Waals surface area contributed by atoms with Gasteiger partial charge >= 0.3 is 0 Å². The summed E-state index contributed by atoms with van der Waals surface area (Å²) in [5, 5.41) is 5.03. The van der Waals surface area contributed by atoms with E-state index >= 15 is 0 Å². The molecule has 1 atom stereocenters. The number of aromatic nitrogens is 3. The zero-order valence-electron chi connectivity index (χ0n) is 10.9. The van der Waals surface area contributed by atoms with Crippen molar-refractivity contribution in [2.45, 2.75) is 18.9 Å². The first kappa shape index (κ1) is 11.5. The van der Waals surface area contributed by atoms with Crippen molar-refractivity contribution >= 4 is 10.9 Å². The van der Waals surface area contributed by atoms with Gasteiger partial charge in [-0.3, -0.25) is 4.98 Å². The first-order valence-corrected chi connectivity index (χ1v) is 6.76.